The SMILES string of the molecule is CCc1ccc(C(=O)Oc2ccc(C#N)cc2OC)cc1. The van der Waals surface area contributed by atoms with E-state index in [1.807, 2.05) is 18.2 Å². The maximum Gasteiger partial charge on any atom is 0.343 e. The molecule has 0 aliphatic carbocycles. The van der Waals surface area contributed by atoms with Crippen LogP contribution in [0, 0.1) is 11.3 Å². The summed E-state index contributed by atoms with van der Waals surface area (Å²) < 4.78 is 10.5. The number of nitrogens with zero attached hydrogens (tertiary/aromatic N) is 1. The van der Waals surface area contributed by atoms with Crippen molar-refractivity contribution in [3.05, 3.63) is 59.2 Å². The number of aryl methyl sites for hydroxylation is 1. The van der Waals surface area contributed by atoms with Crippen molar-refractivity contribution in [3.63, 3.8) is 0 Å². The molecule has 0 amide bonds. The summed E-state index contributed by atoms with van der Waals surface area (Å²) in [6.45, 7) is 2.05. The molecule has 0 bridgehead atoms. The molecule has 0 aromatic heterocycles. The van der Waals surface area contributed by atoms with Gasteiger partial charge in [-0.15, -0.1) is 0 Å². The second-order valence-electron chi connectivity index (χ2n) is 4.42. The maximum absolute atomic E-state index is 12.1. The minimum atomic E-state index is -0.458. The van der Waals surface area contributed by atoms with Crippen LogP contribution in [0.2, 0.25) is 0 Å². The van der Waals surface area contributed by atoms with E-state index in [0.717, 1.165) is 12.0 Å². The summed E-state index contributed by atoms with van der Waals surface area (Å²) in [5.74, 6) is 0.189. The van der Waals surface area contributed by atoms with Gasteiger partial charge in [-0.05, 0) is 36.2 Å². The van der Waals surface area contributed by atoms with Crippen LogP contribution in [-0.4, -0.2) is 13.1 Å². The predicted octanol–water partition coefficient (Wildman–Crippen LogP) is 3.35. The fourth-order valence-electron chi connectivity index (χ4n) is 1.86. The van der Waals surface area contributed by atoms with E-state index in [9.17, 15) is 4.79 Å². The lowest BCUT2D eigenvalue weighted by atomic mass is 10.1. The first-order chi connectivity index (χ1) is 10.2. The molecule has 0 atom stereocenters. The first-order valence-electron chi connectivity index (χ1n) is 6.57. The van der Waals surface area contributed by atoms with Crippen LogP contribution in [-0.2, 0) is 6.42 Å². The zero-order valence-corrected chi connectivity index (χ0v) is 11.9. The standard InChI is InChI=1S/C17H15NO3/c1-3-12-4-7-14(8-5-12)17(19)21-15-9-6-13(11-18)10-16(15)20-2/h4-10H,3H2,1-2H3. The van der Waals surface area contributed by atoms with Crippen molar-refractivity contribution < 1.29 is 14.3 Å². The fraction of sp³-hybridized carbons (Fsp3) is 0.176. The Morgan fingerprint density at radius 3 is 2.43 bits per heavy atom. The van der Waals surface area contributed by atoms with Crippen LogP contribution in [0.15, 0.2) is 42.5 Å². The first kappa shape index (κ1) is 14.6. The average molecular weight is 281 g/mol. The summed E-state index contributed by atoms with van der Waals surface area (Å²) in [6, 6.07) is 13.9. The third kappa shape index (κ3) is 3.40. The monoisotopic (exact) mass is 281 g/mol. The molecule has 0 heterocycles. The molecule has 0 fully saturated rings. The number of ether oxygens (including phenoxy) is 2. The van der Waals surface area contributed by atoms with Gasteiger partial charge in [0.25, 0.3) is 0 Å². The quantitative estimate of drug-likeness (QED) is 0.637. The molecule has 4 nitrogen and oxygen atoms in total. The van der Waals surface area contributed by atoms with E-state index in [-0.39, 0.29) is 0 Å². The molecule has 0 aliphatic rings. The number of hydrogen-bond acceptors (Lipinski definition) is 4. The zero-order valence-electron chi connectivity index (χ0n) is 11.9. The molecule has 2 aromatic rings. The molecule has 0 aliphatic heterocycles. The molecule has 0 saturated carbocycles. The Balaban J connectivity index is 2.20. The molecule has 0 radical (unpaired) electrons. The zero-order chi connectivity index (χ0) is 15.2. The van der Waals surface area contributed by atoms with Gasteiger partial charge in [-0.1, -0.05) is 19.1 Å². The van der Waals surface area contributed by atoms with Crippen molar-refractivity contribution in [1.29, 1.82) is 5.26 Å². The molecule has 106 valence electrons. The number of carbonyl (C=O) groups is 1. The Morgan fingerprint density at radius 2 is 1.86 bits per heavy atom. The second-order valence-corrected chi connectivity index (χ2v) is 4.42. The van der Waals surface area contributed by atoms with E-state index < -0.39 is 5.97 Å². The number of rotatable bonds is 4. The molecule has 0 saturated heterocycles. The van der Waals surface area contributed by atoms with Gasteiger partial charge in [0.2, 0.25) is 0 Å². The second kappa shape index (κ2) is 6.58. The molecule has 0 N–H and O–H groups in total. The van der Waals surface area contributed by atoms with E-state index in [4.69, 9.17) is 14.7 Å². The van der Waals surface area contributed by atoms with Crippen LogP contribution in [0.4, 0.5) is 0 Å². The van der Waals surface area contributed by atoms with E-state index in [2.05, 4.69) is 6.92 Å². The van der Waals surface area contributed by atoms with Crippen molar-refractivity contribution in [3.8, 4) is 17.6 Å². The largest absolute Gasteiger partial charge is 0.493 e. The smallest absolute Gasteiger partial charge is 0.343 e. The molecule has 0 unspecified atom stereocenters. The number of benzene rings is 2. The number of carbonyl (C=O) groups excluding carboxylic acids is 1. The highest BCUT2D eigenvalue weighted by molar-refractivity contribution is 5.91. The minimum Gasteiger partial charge on any atom is -0.493 e. The van der Waals surface area contributed by atoms with Crippen molar-refractivity contribution in [1.82, 2.24) is 0 Å². The topological polar surface area (TPSA) is 59.3 Å². The molecule has 0 spiro atoms. The van der Waals surface area contributed by atoms with Crippen LogP contribution in [0.5, 0.6) is 11.5 Å². The van der Waals surface area contributed by atoms with Gasteiger partial charge in [0.1, 0.15) is 0 Å². The number of nitriles is 1. The van der Waals surface area contributed by atoms with Crippen molar-refractivity contribution in [2.24, 2.45) is 0 Å². The Labute approximate surface area is 123 Å². The average Bonchev–Trinajstić information content (AvgIpc) is 2.55. The Morgan fingerprint density at radius 1 is 1.14 bits per heavy atom. The molecule has 2 rings (SSSR count). The van der Waals surface area contributed by atoms with Gasteiger partial charge in [0.15, 0.2) is 11.5 Å². The van der Waals surface area contributed by atoms with Crippen molar-refractivity contribution in [2.75, 3.05) is 7.11 Å². The van der Waals surface area contributed by atoms with Crippen LogP contribution in [0.25, 0.3) is 0 Å². The number of methoxy groups -OCH3 is 1. The Bertz CT molecular complexity index is 684. The summed E-state index contributed by atoms with van der Waals surface area (Å²) >= 11 is 0. The van der Waals surface area contributed by atoms with Crippen LogP contribution >= 0.6 is 0 Å². The third-order valence-electron chi connectivity index (χ3n) is 3.09. The molecule has 4 heteroatoms. The highest BCUT2D eigenvalue weighted by Gasteiger charge is 2.12. The normalized spacial score (nSPS) is 9.76. The summed E-state index contributed by atoms with van der Waals surface area (Å²) in [7, 11) is 1.46. The summed E-state index contributed by atoms with van der Waals surface area (Å²) in [6.07, 6.45) is 0.915. The van der Waals surface area contributed by atoms with Crippen LogP contribution < -0.4 is 9.47 Å². The van der Waals surface area contributed by atoms with Crippen molar-refractivity contribution >= 4 is 5.97 Å². The van der Waals surface area contributed by atoms with Gasteiger partial charge >= 0.3 is 5.97 Å². The Kier molecular flexibility index (Phi) is 4.57. The highest BCUT2D eigenvalue weighted by atomic mass is 16.6. The lowest BCUT2D eigenvalue weighted by molar-refractivity contribution is 0.0729. The van der Waals surface area contributed by atoms with Gasteiger partial charge in [-0.3, -0.25) is 0 Å². The predicted molar refractivity (Wildman–Crippen MR) is 78.5 cm³/mol. The van der Waals surface area contributed by atoms with Gasteiger partial charge < -0.3 is 9.47 Å². The highest BCUT2D eigenvalue weighted by Crippen LogP contribution is 2.28. The van der Waals surface area contributed by atoms with Crippen LogP contribution in [0.3, 0.4) is 0 Å². The molecular formula is C17H15NO3. The van der Waals surface area contributed by atoms with E-state index in [1.54, 1.807) is 24.3 Å². The van der Waals surface area contributed by atoms with Gasteiger partial charge in [-0.25, -0.2) is 4.79 Å². The lowest BCUT2D eigenvalue weighted by Crippen LogP contribution is -2.09. The fourth-order valence-corrected chi connectivity index (χ4v) is 1.86. The maximum atomic E-state index is 12.1. The first-order valence-corrected chi connectivity index (χ1v) is 6.57. The third-order valence-corrected chi connectivity index (χ3v) is 3.09. The minimum absolute atomic E-state index is 0.293. The van der Waals surface area contributed by atoms with Crippen molar-refractivity contribution in [2.45, 2.75) is 13.3 Å². The summed E-state index contributed by atoms with van der Waals surface area (Å²) in [4.78, 5) is 12.1. The number of esters is 1. The van der Waals surface area contributed by atoms with Gasteiger partial charge in [-0.2, -0.15) is 5.26 Å². The molecule has 2 aromatic carbocycles. The van der Waals surface area contributed by atoms with E-state index >= 15 is 0 Å². The number of hydrogen-bond donors (Lipinski definition) is 0. The molecular weight excluding hydrogens is 266 g/mol. The summed E-state index contributed by atoms with van der Waals surface area (Å²) in [5, 5.41) is 8.84. The molecule has 21 heavy (non-hydrogen) atoms. The Hall–Kier alpha value is -2.80. The summed E-state index contributed by atoms with van der Waals surface area (Å²) in [5.41, 5.74) is 2.07. The van der Waals surface area contributed by atoms with E-state index in [0.29, 0.717) is 22.6 Å². The van der Waals surface area contributed by atoms with E-state index in [1.165, 1.54) is 13.2 Å². The lowest BCUT2D eigenvalue weighted by Gasteiger charge is -2.09. The van der Waals surface area contributed by atoms with Crippen LogP contribution in [0.1, 0.15) is 28.4 Å². The van der Waals surface area contributed by atoms with Gasteiger partial charge in [0.05, 0.1) is 24.3 Å². The van der Waals surface area contributed by atoms with Gasteiger partial charge in [0, 0.05) is 6.07 Å².